The topological polar surface area (TPSA) is 50.4 Å². The Kier molecular flexibility index (Phi) is 3.19. The number of aromatic carboxylic acids is 1. The van der Waals surface area contributed by atoms with Gasteiger partial charge in [-0.05, 0) is 36.8 Å². The maximum atomic E-state index is 13.0. The van der Waals surface area contributed by atoms with Crippen LogP contribution in [0.3, 0.4) is 0 Å². The van der Waals surface area contributed by atoms with Gasteiger partial charge in [0.15, 0.2) is 5.09 Å². The van der Waals surface area contributed by atoms with Gasteiger partial charge in [0, 0.05) is 4.90 Å². The molecular formula is C12H9FO3S. The van der Waals surface area contributed by atoms with Crippen LogP contribution in [-0.4, -0.2) is 11.1 Å². The lowest BCUT2D eigenvalue weighted by molar-refractivity contribution is 0.0656. The first-order valence-electron chi connectivity index (χ1n) is 4.83. The van der Waals surface area contributed by atoms with Crippen molar-refractivity contribution in [3.05, 3.63) is 47.5 Å². The number of hydrogen-bond donors (Lipinski definition) is 1. The van der Waals surface area contributed by atoms with Crippen LogP contribution in [0, 0.1) is 12.7 Å². The van der Waals surface area contributed by atoms with E-state index in [0.717, 1.165) is 5.56 Å². The van der Waals surface area contributed by atoms with Gasteiger partial charge in [0.2, 0.25) is 5.76 Å². The summed E-state index contributed by atoms with van der Waals surface area (Å²) in [7, 11) is 0. The fourth-order valence-electron chi connectivity index (χ4n) is 1.28. The van der Waals surface area contributed by atoms with Crippen LogP contribution in [0.25, 0.3) is 0 Å². The normalized spacial score (nSPS) is 10.5. The summed E-state index contributed by atoms with van der Waals surface area (Å²) in [6, 6.07) is 7.36. The molecule has 0 saturated carbocycles. The third kappa shape index (κ3) is 2.68. The molecule has 0 bridgehead atoms. The summed E-state index contributed by atoms with van der Waals surface area (Å²) in [5.74, 6) is -1.57. The highest BCUT2D eigenvalue weighted by atomic mass is 32.2. The largest absolute Gasteiger partial charge is 0.475 e. The molecule has 1 aromatic heterocycles. The second-order valence-corrected chi connectivity index (χ2v) is 4.48. The van der Waals surface area contributed by atoms with Gasteiger partial charge in [-0.3, -0.25) is 0 Å². The standard InChI is InChI=1S/C12H9FO3S/c1-7-2-3-8(13)6-10(7)17-11-5-4-9(16-11)12(14)15/h2-6H,1H3,(H,14,15). The van der Waals surface area contributed by atoms with Gasteiger partial charge < -0.3 is 9.52 Å². The van der Waals surface area contributed by atoms with Crippen molar-refractivity contribution in [1.29, 1.82) is 0 Å². The van der Waals surface area contributed by atoms with E-state index >= 15 is 0 Å². The minimum absolute atomic E-state index is 0.124. The molecule has 0 spiro atoms. The van der Waals surface area contributed by atoms with Gasteiger partial charge >= 0.3 is 5.97 Å². The minimum atomic E-state index is -1.12. The summed E-state index contributed by atoms with van der Waals surface area (Å²) in [5, 5.41) is 9.13. The lowest BCUT2D eigenvalue weighted by atomic mass is 10.2. The number of carboxylic acid groups (broad SMARTS) is 1. The first-order valence-corrected chi connectivity index (χ1v) is 5.65. The van der Waals surface area contributed by atoms with Crippen LogP contribution in [0.2, 0.25) is 0 Å². The van der Waals surface area contributed by atoms with Gasteiger partial charge in [-0.2, -0.15) is 0 Å². The Bertz CT molecular complexity index is 563. The zero-order valence-corrected chi connectivity index (χ0v) is 9.75. The average molecular weight is 252 g/mol. The quantitative estimate of drug-likeness (QED) is 0.907. The van der Waals surface area contributed by atoms with E-state index in [1.165, 1.54) is 30.0 Å². The van der Waals surface area contributed by atoms with Crippen molar-refractivity contribution < 1.29 is 18.7 Å². The monoisotopic (exact) mass is 252 g/mol. The molecule has 1 heterocycles. The minimum Gasteiger partial charge on any atom is -0.475 e. The SMILES string of the molecule is Cc1ccc(F)cc1Sc1ccc(C(=O)O)o1. The molecule has 0 saturated heterocycles. The Balaban J connectivity index is 2.25. The Labute approximate surface area is 101 Å². The van der Waals surface area contributed by atoms with Gasteiger partial charge in [-0.1, -0.05) is 17.8 Å². The van der Waals surface area contributed by atoms with Crippen LogP contribution in [0.5, 0.6) is 0 Å². The molecule has 0 amide bonds. The first-order chi connectivity index (χ1) is 8.06. The molecule has 2 rings (SSSR count). The van der Waals surface area contributed by atoms with Crippen LogP contribution in [0.15, 0.2) is 44.7 Å². The molecule has 0 aliphatic rings. The highest BCUT2D eigenvalue weighted by Crippen LogP contribution is 2.31. The predicted molar refractivity (Wildman–Crippen MR) is 60.9 cm³/mol. The van der Waals surface area contributed by atoms with Crippen LogP contribution in [0.4, 0.5) is 4.39 Å². The van der Waals surface area contributed by atoms with Gasteiger partial charge in [-0.25, -0.2) is 9.18 Å². The molecule has 0 fully saturated rings. The van der Waals surface area contributed by atoms with E-state index in [-0.39, 0.29) is 11.6 Å². The summed E-state index contributed by atoms with van der Waals surface area (Å²) in [6.07, 6.45) is 0. The second-order valence-electron chi connectivity index (χ2n) is 3.44. The predicted octanol–water partition coefficient (Wildman–Crippen LogP) is 3.58. The Morgan fingerprint density at radius 3 is 2.76 bits per heavy atom. The molecule has 1 aromatic carbocycles. The van der Waals surface area contributed by atoms with Gasteiger partial charge in [0.25, 0.3) is 0 Å². The number of rotatable bonds is 3. The Hall–Kier alpha value is -1.75. The van der Waals surface area contributed by atoms with Gasteiger partial charge in [0.05, 0.1) is 0 Å². The number of carbonyl (C=O) groups is 1. The van der Waals surface area contributed by atoms with E-state index in [4.69, 9.17) is 9.52 Å². The summed E-state index contributed by atoms with van der Waals surface area (Å²) in [6.45, 7) is 1.85. The maximum Gasteiger partial charge on any atom is 0.371 e. The number of benzene rings is 1. The van der Waals surface area contributed by atoms with E-state index in [1.807, 2.05) is 6.92 Å². The third-order valence-electron chi connectivity index (χ3n) is 2.15. The average Bonchev–Trinajstić information content (AvgIpc) is 2.72. The molecular weight excluding hydrogens is 243 g/mol. The second kappa shape index (κ2) is 4.63. The van der Waals surface area contributed by atoms with E-state index in [0.29, 0.717) is 9.99 Å². The molecule has 0 unspecified atom stereocenters. The molecule has 0 aliphatic carbocycles. The molecule has 0 aliphatic heterocycles. The Morgan fingerprint density at radius 2 is 2.12 bits per heavy atom. The summed E-state index contributed by atoms with van der Waals surface area (Å²) in [5.41, 5.74) is 0.907. The van der Waals surface area contributed by atoms with E-state index in [2.05, 4.69) is 0 Å². The highest BCUT2D eigenvalue weighted by Gasteiger charge is 2.11. The number of carboxylic acids is 1. The molecule has 1 N–H and O–H groups in total. The zero-order valence-electron chi connectivity index (χ0n) is 8.94. The maximum absolute atomic E-state index is 13.0. The molecule has 3 nitrogen and oxygen atoms in total. The molecule has 17 heavy (non-hydrogen) atoms. The van der Waals surface area contributed by atoms with Crippen molar-refractivity contribution in [2.45, 2.75) is 16.9 Å². The number of aryl methyl sites for hydroxylation is 1. The zero-order chi connectivity index (χ0) is 12.4. The lowest BCUT2D eigenvalue weighted by Gasteiger charge is -2.02. The van der Waals surface area contributed by atoms with Crippen molar-refractivity contribution in [2.75, 3.05) is 0 Å². The van der Waals surface area contributed by atoms with Gasteiger partial charge in [0.1, 0.15) is 5.82 Å². The Morgan fingerprint density at radius 1 is 1.35 bits per heavy atom. The summed E-state index contributed by atoms with van der Waals surface area (Å²) >= 11 is 1.20. The molecule has 0 atom stereocenters. The van der Waals surface area contributed by atoms with Crippen molar-refractivity contribution >= 4 is 17.7 Å². The van der Waals surface area contributed by atoms with Crippen LogP contribution < -0.4 is 0 Å². The van der Waals surface area contributed by atoms with Crippen LogP contribution in [0.1, 0.15) is 16.1 Å². The fraction of sp³-hybridized carbons (Fsp3) is 0.0833. The molecule has 5 heteroatoms. The van der Waals surface area contributed by atoms with E-state index < -0.39 is 5.97 Å². The van der Waals surface area contributed by atoms with Crippen LogP contribution >= 0.6 is 11.8 Å². The van der Waals surface area contributed by atoms with Crippen molar-refractivity contribution in [3.8, 4) is 0 Å². The first kappa shape index (κ1) is 11.7. The number of furan rings is 1. The van der Waals surface area contributed by atoms with E-state index in [1.54, 1.807) is 12.1 Å². The summed E-state index contributed by atoms with van der Waals surface area (Å²) < 4.78 is 18.1. The van der Waals surface area contributed by atoms with Crippen molar-refractivity contribution in [1.82, 2.24) is 0 Å². The van der Waals surface area contributed by atoms with Crippen molar-refractivity contribution in [3.63, 3.8) is 0 Å². The van der Waals surface area contributed by atoms with Gasteiger partial charge in [-0.15, -0.1) is 0 Å². The third-order valence-corrected chi connectivity index (χ3v) is 3.23. The van der Waals surface area contributed by atoms with Crippen molar-refractivity contribution in [2.24, 2.45) is 0 Å². The highest BCUT2D eigenvalue weighted by molar-refractivity contribution is 7.99. The lowest BCUT2D eigenvalue weighted by Crippen LogP contribution is -1.91. The fourth-order valence-corrected chi connectivity index (χ4v) is 2.17. The number of hydrogen-bond acceptors (Lipinski definition) is 3. The molecule has 2 aromatic rings. The van der Waals surface area contributed by atoms with Crippen LogP contribution in [-0.2, 0) is 0 Å². The summed E-state index contributed by atoms with van der Waals surface area (Å²) in [4.78, 5) is 11.3. The molecule has 0 radical (unpaired) electrons. The van der Waals surface area contributed by atoms with E-state index in [9.17, 15) is 9.18 Å². The number of halogens is 1. The molecule has 88 valence electrons. The smallest absolute Gasteiger partial charge is 0.371 e.